The second-order valence-electron chi connectivity index (χ2n) is 7.19. The van der Waals surface area contributed by atoms with Crippen LogP contribution in [0.3, 0.4) is 0 Å². The van der Waals surface area contributed by atoms with E-state index in [1.54, 1.807) is 18.2 Å². The van der Waals surface area contributed by atoms with Gasteiger partial charge < -0.3 is 19.2 Å². The number of carbonyl (C=O) groups excluding carboxylic acids is 1. The summed E-state index contributed by atoms with van der Waals surface area (Å²) in [6, 6.07) is 10.9. The maximum atomic E-state index is 12.4. The van der Waals surface area contributed by atoms with E-state index >= 15 is 0 Å². The number of benzene rings is 2. The molecule has 1 unspecified atom stereocenters. The van der Waals surface area contributed by atoms with Gasteiger partial charge in [0.15, 0.2) is 11.5 Å². The van der Waals surface area contributed by atoms with Crippen LogP contribution in [0, 0.1) is 0 Å². The number of halogens is 2. The standard InChI is InChI=1S/C22H21Cl2N3O4S/c1-2-3-14(16-6-5-15(23)9-17(16)24)10-25-20(28)11-32-22-27-26-21(31-22)13-4-7-18-19(8-13)30-12-29-18/h4-9,14H,2-3,10-12H2,1H3,(H,25,28). The molecule has 4 rings (SSSR count). The molecule has 1 aliphatic heterocycles. The predicted molar refractivity (Wildman–Crippen MR) is 124 cm³/mol. The van der Waals surface area contributed by atoms with Crippen molar-refractivity contribution in [3.63, 3.8) is 0 Å². The smallest absolute Gasteiger partial charge is 0.277 e. The molecule has 3 aromatic rings. The quantitative estimate of drug-likeness (QED) is 0.390. The second-order valence-corrected chi connectivity index (χ2v) is 8.96. The van der Waals surface area contributed by atoms with Crippen molar-refractivity contribution in [3.05, 3.63) is 52.0 Å². The Morgan fingerprint density at radius 1 is 1.16 bits per heavy atom. The average molecular weight is 494 g/mol. The highest BCUT2D eigenvalue weighted by Crippen LogP contribution is 2.36. The SMILES string of the molecule is CCCC(CNC(=O)CSc1nnc(-c2ccc3c(c2)OCO3)o1)c1ccc(Cl)cc1Cl. The number of amides is 1. The number of nitrogens with zero attached hydrogens (tertiary/aromatic N) is 2. The first-order valence-electron chi connectivity index (χ1n) is 10.1. The number of thioether (sulfide) groups is 1. The van der Waals surface area contributed by atoms with E-state index in [1.165, 1.54) is 11.8 Å². The summed E-state index contributed by atoms with van der Waals surface area (Å²) in [5.74, 6) is 1.82. The highest BCUT2D eigenvalue weighted by atomic mass is 35.5. The fourth-order valence-corrected chi connectivity index (χ4v) is 4.53. The molecule has 2 heterocycles. The molecule has 32 heavy (non-hydrogen) atoms. The molecule has 1 aliphatic rings. The van der Waals surface area contributed by atoms with Crippen molar-refractivity contribution in [2.24, 2.45) is 0 Å². The van der Waals surface area contributed by atoms with Crippen molar-refractivity contribution in [1.82, 2.24) is 15.5 Å². The van der Waals surface area contributed by atoms with Gasteiger partial charge in [0.25, 0.3) is 5.22 Å². The number of hydrogen-bond acceptors (Lipinski definition) is 7. The maximum Gasteiger partial charge on any atom is 0.277 e. The van der Waals surface area contributed by atoms with Gasteiger partial charge in [-0.1, -0.05) is 54.4 Å². The summed E-state index contributed by atoms with van der Waals surface area (Å²) in [5, 5.41) is 12.6. The van der Waals surface area contributed by atoms with Gasteiger partial charge in [0.2, 0.25) is 18.6 Å². The molecule has 10 heteroatoms. The van der Waals surface area contributed by atoms with Gasteiger partial charge in [-0.3, -0.25) is 4.79 Å². The summed E-state index contributed by atoms with van der Waals surface area (Å²) in [6.07, 6.45) is 1.87. The molecule has 1 aromatic heterocycles. The molecule has 0 saturated carbocycles. The Hall–Kier alpha value is -2.42. The molecule has 0 radical (unpaired) electrons. The van der Waals surface area contributed by atoms with Crippen LogP contribution < -0.4 is 14.8 Å². The Kier molecular flexibility index (Phi) is 7.44. The summed E-state index contributed by atoms with van der Waals surface area (Å²) < 4.78 is 16.3. The van der Waals surface area contributed by atoms with Gasteiger partial charge in [0, 0.05) is 28.1 Å². The molecule has 2 aromatic carbocycles. The molecule has 168 valence electrons. The fourth-order valence-electron chi connectivity index (χ4n) is 3.38. The highest BCUT2D eigenvalue weighted by molar-refractivity contribution is 7.99. The van der Waals surface area contributed by atoms with Crippen molar-refractivity contribution >= 4 is 40.9 Å². The molecule has 0 aliphatic carbocycles. The van der Waals surface area contributed by atoms with E-state index in [1.807, 2.05) is 18.2 Å². The van der Waals surface area contributed by atoms with Crippen LogP contribution in [-0.4, -0.2) is 35.2 Å². The van der Waals surface area contributed by atoms with Gasteiger partial charge in [0.1, 0.15) is 0 Å². The van der Waals surface area contributed by atoms with E-state index in [0.29, 0.717) is 39.2 Å². The number of fused-ring (bicyclic) bond motifs is 1. The fraction of sp³-hybridized carbons (Fsp3) is 0.318. The Balaban J connectivity index is 1.31. The zero-order valence-electron chi connectivity index (χ0n) is 17.3. The number of carbonyl (C=O) groups is 1. The number of nitrogens with one attached hydrogen (secondary N) is 1. The molecule has 0 bridgehead atoms. The van der Waals surface area contributed by atoms with Crippen molar-refractivity contribution in [1.29, 1.82) is 0 Å². The Bertz CT molecular complexity index is 1110. The van der Waals surface area contributed by atoms with Gasteiger partial charge >= 0.3 is 0 Å². The Labute approximate surface area is 199 Å². The van der Waals surface area contributed by atoms with E-state index in [9.17, 15) is 4.79 Å². The number of rotatable bonds is 9. The molecule has 0 saturated heterocycles. The largest absolute Gasteiger partial charge is 0.454 e. The molecule has 0 fully saturated rings. The van der Waals surface area contributed by atoms with E-state index in [4.69, 9.17) is 37.1 Å². The molecule has 1 atom stereocenters. The van der Waals surface area contributed by atoms with E-state index in [2.05, 4.69) is 22.4 Å². The minimum atomic E-state index is -0.121. The third-order valence-electron chi connectivity index (χ3n) is 4.94. The van der Waals surface area contributed by atoms with Crippen LogP contribution in [0.2, 0.25) is 10.0 Å². The maximum absolute atomic E-state index is 12.4. The Morgan fingerprint density at radius 3 is 2.81 bits per heavy atom. The number of ether oxygens (including phenoxy) is 2. The summed E-state index contributed by atoms with van der Waals surface area (Å²) in [6.45, 7) is 2.78. The molecular weight excluding hydrogens is 473 g/mol. The van der Waals surface area contributed by atoms with Crippen LogP contribution in [0.25, 0.3) is 11.5 Å². The van der Waals surface area contributed by atoms with Crippen molar-refractivity contribution in [2.75, 3.05) is 19.1 Å². The topological polar surface area (TPSA) is 86.5 Å². The Morgan fingerprint density at radius 2 is 2.00 bits per heavy atom. The minimum Gasteiger partial charge on any atom is -0.454 e. The van der Waals surface area contributed by atoms with Crippen molar-refractivity contribution in [2.45, 2.75) is 30.9 Å². The summed E-state index contributed by atoms with van der Waals surface area (Å²) in [4.78, 5) is 12.4. The van der Waals surface area contributed by atoms with E-state index in [-0.39, 0.29) is 24.4 Å². The predicted octanol–water partition coefficient (Wildman–Crippen LogP) is 5.56. The van der Waals surface area contributed by atoms with Crippen LogP contribution in [-0.2, 0) is 4.79 Å². The molecule has 1 amide bonds. The third-order valence-corrected chi connectivity index (χ3v) is 6.32. The molecular formula is C22H21Cl2N3O4S. The molecule has 0 spiro atoms. The number of aromatic nitrogens is 2. The van der Waals surface area contributed by atoms with Crippen LogP contribution in [0.4, 0.5) is 0 Å². The first kappa shape index (κ1) is 22.8. The van der Waals surface area contributed by atoms with Gasteiger partial charge in [-0.25, -0.2) is 0 Å². The highest BCUT2D eigenvalue weighted by Gasteiger charge is 2.18. The van der Waals surface area contributed by atoms with Crippen LogP contribution >= 0.6 is 35.0 Å². The summed E-state index contributed by atoms with van der Waals surface area (Å²) in [5.41, 5.74) is 1.71. The summed E-state index contributed by atoms with van der Waals surface area (Å²) >= 11 is 13.5. The lowest BCUT2D eigenvalue weighted by molar-refractivity contribution is -0.118. The van der Waals surface area contributed by atoms with Crippen molar-refractivity contribution in [3.8, 4) is 23.0 Å². The molecule has 7 nitrogen and oxygen atoms in total. The first-order chi connectivity index (χ1) is 15.5. The monoisotopic (exact) mass is 493 g/mol. The summed E-state index contributed by atoms with van der Waals surface area (Å²) in [7, 11) is 0. The third kappa shape index (κ3) is 5.49. The van der Waals surface area contributed by atoms with E-state index < -0.39 is 0 Å². The van der Waals surface area contributed by atoms with Gasteiger partial charge in [-0.2, -0.15) is 0 Å². The lowest BCUT2D eigenvalue weighted by Gasteiger charge is -2.19. The van der Waals surface area contributed by atoms with Crippen LogP contribution in [0.15, 0.2) is 46.0 Å². The second kappa shape index (κ2) is 10.5. The number of hydrogen-bond donors (Lipinski definition) is 1. The van der Waals surface area contributed by atoms with Gasteiger partial charge in [-0.15, -0.1) is 10.2 Å². The minimum absolute atomic E-state index is 0.111. The van der Waals surface area contributed by atoms with Crippen LogP contribution in [0.1, 0.15) is 31.2 Å². The molecule has 1 N–H and O–H groups in total. The van der Waals surface area contributed by atoms with Gasteiger partial charge in [0.05, 0.1) is 5.75 Å². The first-order valence-corrected chi connectivity index (χ1v) is 11.9. The zero-order chi connectivity index (χ0) is 22.5. The normalized spacial score (nSPS) is 13.2. The van der Waals surface area contributed by atoms with Gasteiger partial charge in [-0.05, 0) is 42.3 Å². The average Bonchev–Trinajstić information content (AvgIpc) is 3.44. The lowest BCUT2D eigenvalue weighted by Crippen LogP contribution is -2.30. The van der Waals surface area contributed by atoms with E-state index in [0.717, 1.165) is 24.0 Å². The van der Waals surface area contributed by atoms with Crippen LogP contribution in [0.5, 0.6) is 11.5 Å². The van der Waals surface area contributed by atoms with Crippen molar-refractivity contribution < 1.29 is 18.7 Å². The lowest BCUT2D eigenvalue weighted by atomic mass is 9.94. The zero-order valence-corrected chi connectivity index (χ0v) is 19.6.